The number of nitrogens with one attached hydrogen (secondary N) is 1. The van der Waals surface area contributed by atoms with E-state index in [1.54, 1.807) is 26.1 Å². The highest BCUT2D eigenvalue weighted by Gasteiger charge is 2.35. The lowest BCUT2D eigenvalue weighted by molar-refractivity contribution is -0.141. The molecule has 2 amide bonds. The largest absolute Gasteiger partial charge is 0.493 e. The van der Waals surface area contributed by atoms with E-state index in [0.29, 0.717) is 52.6 Å². The van der Waals surface area contributed by atoms with Crippen LogP contribution in [0, 0.1) is 0 Å². The number of allylic oxidation sites excluding steroid dienone is 1. The Hall–Kier alpha value is -2.26. The minimum absolute atomic E-state index is 0.129. The van der Waals surface area contributed by atoms with Crippen molar-refractivity contribution >= 4 is 27.9 Å². The molecule has 2 rings (SSSR count). The minimum atomic E-state index is -0.695. The van der Waals surface area contributed by atoms with Gasteiger partial charge in [-0.2, -0.15) is 0 Å². The van der Waals surface area contributed by atoms with Crippen LogP contribution in [-0.4, -0.2) is 57.5 Å². The molecule has 1 aromatic rings. The van der Waals surface area contributed by atoms with E-state index in [0.717, 1.165) is 0 Å². The van der Waals surface area contributed by atoms with Gasteiger partial charge in [0.2, 0.25) is 0 Å². The Morgan fingerprint density at radius 2 is 1.97 bits per heavy atom. The number of hydrogen-bond donors (Lipinski definition) is 1. The minimum Gasteiger partial charge on any atom is -0.493 e. The Morgan fingerprint density at radius 3 is 2.59 bits per heavy atom. The van der Waals surface area contributed by atoms with E-state index in [9.17, 15) is 9.59 Å². The van der Waals surface area contributed by atoms with E-state index in [4.69, 9.17) is 18.9 Å². The molecule has 1 aliphatic heterocycles. The molecule has 0 spiro atoms. The molecule has 1 aliphatic rings. The summed E-state index contributed by atoms with van der Waals surface area (Å²) >= 11 is 3.49. The molecule has 1 heterocycles. The highest BCUT2D eigenvalue weighted by molar-refractivity contribution is 9.10. The molecule has 160 valence electrons. The second-order valence-corrected chi connectivity index (χ2v) is 7.09. The number of halogens is 1. The molecule has 1 aromatic carbocycles. The van der Waals surface area contributed by atoms with Crippen molar-refractivity contribution in [1.29, 1.82) is 0 Å². The summed E-state index contributed by atoms with van der Waals surface area (Å²) in [6.07, 6.45) is 0. The van der Waals surface area contributed by atoms with Gasteiger partial charge in [-0.25, -0.2) is 9.59 Å². The maximum Gasteiger partial charge on any atom is 0.338 e. The average Bonchev–Trinajstić information content (AvgIpc) is 2.70. The van der Waals surface area contributed by atoms with Crippen LogP contribution >= 0.6 is 15.9 Å². The highest BCUT2D eigenvalue weighted by atomic mass is 79.9. The third kappa shape index (κ3) is 5.22. The predicted molar refractivity (Wildman–Crippen MR) is 111 cm³/mol. The summed E-state index contributed by atoms with van der Waals surface area (Å²) in [5.41, 5.74) is 1.53. The third-order valence-electron chi connectivity index (χ3n) is 4.51. The van der Waals surface area contributed by atoms with E-state index < -0.39 is 12.0 Å². The van der Waals surface area contributed by atoms with Crippen LogP contribution in [0.5, 0.6) is 11.5 Å². The van der Waals surface area contributed by atoms with Gasteiger partial charge in [0, 0.05) is 19.4 Å². The second kappa shape index (κ2) is 10.5. The number of methoxy groups -OCH3 is 1. The number of esters is 1. The Balaban J connectivity index is 2.44. The zero-order valence-electron chi connectivity index (χ0n) is 17.3. The fourth-order valence-electron chi connectivity index (χ4n) is 2.96. The van der Waals surface area contributed by atoms with Crippen LogP contribution in [0.25, 0.3) is 0 Å². The molecule has 1 atom stereocenters. The van der Waals surface area contributed by atoms with Crippen LogP contribution in [0.15, 0.2) is 27.9 Å². The Morgan fingerprint density at radius 1 is 1.24 bits per heavy atom. The van der Waals surface area contributed by atoms with Gasteiger partial charge < -0.3 is 29.2 Å². The molecule has 0 fully saturated rings. The van der Waals surface area contributed by atoms with E-state index >= 15 is 0 Å². The van der Waals surface area contributed by atoms with Crippen LogP contribution in [-0.2, 0) is 14.3 Å². The van der Waals surface area contributed by atoms with Gasteiger partial charge in [-0.15, -0.1) is 0 Å². The van der Waals surface area contributed by atoms with E-state index in [1.165, 1.54) is 12.0 Å². The van der Waals surface area contributed by atoms with Gasteiger partial charge in [0.15, 0.2) is 11.5 Å². The normalized spacial score (nSPS) is 16.6. The van der Waals surface area contributed by atoms with Crippen LogP contribution in [0.4, 0.5) is 4.79 Å². The fraction of sp³-hybridized carbons (Fsp3) is 0.500. The maximum atomic E-state index is 12.8. The van der Waals surface area contributed by atoms with Gasteiger partial charge in [-0.3, -0.25) is 0 Å². The first-order valence-electron chi connectivity index (χ1n) is 9.35. The van der Waals surface area contributed by atoms with Crippen LogP contribution in [0.2, 0.25) is 0 Å². The fourth-order valence-corrected chi connectivity index (χ4v) is 3.53. The van der Waals surface area contributed by atoms with Crippen molar-refractivity contribution in [3.63, 3.8) is 0 Å². The average molecular weight is 471 g/mol. The topological polar surface area (TPSA) is 86.3 Å². The van der Waals surface area contributed by atoms with Crippen LogP contribution in [0.3, 0.4) is 0 Å². The Bertz CT molecular complexity index is 795. The van der Waals surface area contributed by atoms with Crippen molar-refractivity contribution in [2.24, 2.45) is 0 Å². The number of amides is 2. The van der Waals surface area contributed by atoms with Gasteiger partial charge in [0.25, 0.3) is 0 Å². The zero-order valence-corrected chi connectivity index (χ0v) is 18.9. The summed E-state index contributed by atoms with van der Waals surface area (Å²) in [5, 5.41) is 2.86. The first kappa shape index (κ1) is 23.0. The number of rotatable bonds is 9. The third-order valence-corrected chi connectivity index (χ3v) is 5.10. The lowest BCUT2D eigenvalue weighted by Crippen LogP contribution is -2.46. The molecule has 0 aliphatic carbocycles. The molecule has 0 aromatic heterocycles. The van der Waals surface area contributed by atoms with Crippen molar-refractivity contribution < 1.29 is 28.5 Å². The summed E-state index contributed by atoms with van der Waals surface area (Å²) < 4.78 is 22.3. The van der Waals surface area contributed by atoms with Crippen molar-refractivity contribution in [3.8, 4) is 11.5 Å². The standard InChI is InChI=1S/C20H27BrN2O6/c1-6-27-8-9-29-19(24)16-12(3)23(4)20(25)22-17(16)13-10-14(21)18(28-7-2)15(11-13)26-5/h10-11,17H,6-9H2,1-5H3,(H,22,25)/t17-/m1/s1. The number of ether oxygens (including phenoxy) is 4. The lowest BCUT2D eigenvalue weighted by Gasteiger charge is -2.33. The summed E-state index contributed by atoms with van der Waals surface area (Å²) in [4.78, 5) is 26.6. The van der Waals surface area contributed by atoms with E-state index in [-0.39, 0.29) is 12.6 Å². The Kier molecular flexibility index (Phi) is 8.33. The molecule has 0 saturated heterocycles. The molecular formula is C20H27BrN2O6. The quantitative estimate of drug-likeness (QED) is 0.439. The lowest BCUT2D eigenvalue weighted by atomic mass is 9.94. The molecule has 0 radical (unpaired) electrons. The van der Waals surface area contributed by atoms with Crippen molar-refractivity contribution in [3.05, 3.63) is 33.4 Å². The summed E-state index contributed by atoms with van der Waals surface area (Å²) in [5.74, 6) is 0.536. The number of carbonyl (C=O) groups is 2. The molecule has 0 saturated carbocycles. The molecule has 0 unspecified atom stereocenters. The van der Waals surface area contributed by atoms with Crippen molar-refractivity contribution in [1.82, 2.24) is 10.2 Å². The molecule has 0 bridgehead atoms. The van der Waals surface area contributed by atoms with E-state index in [2.05, 4.69) is 21.2 Å². The number of nitrogens with zero attached hydrogens (tertiary/aromatic N) is 1. The van der Waals surface area contributed by atoms with Gasteiger partial charge in [-0.05, 0) is 54.4 Å². The number of hydrogen-bond acceptors (Lipinski definition) is 6. The first-order valence-corrected chi connectivity index (χ1v) is 10.1. The SMILES string of the molecule is CCOCCOC(=O)C1=C(C)N(C)C(=O)N[C@@H]1c1cc(Br)c(OCC)c(OC)c1. The predicted octanol–water partition coefficient (Wildman–Crippen LogP) is 3.41. The monoisotopic (exact) mass is 470 g/mol. The number of carbonyl (C=O) groups excluding carboxylic acids is 2. The van der Waals surface area contributed by atoms with E-state index in [1.807, 2.05) is 13.8 Å². The number of urea groups is 1. The summed E-state index contributed by atoms with van der Waals surface area (Å²) in [6, 6.07) is 2.53. The zero-order chi connectivity index (χ0) is 21.6. The second-order valence-electron chi connectivity index (χ2n) is 6.24. The smallest absolute Gasteiger partial charge is 0.338 e. The number of benzene rings is 1. The summed E-state index contributed by atoms with van der Waals surface area (Å²) in [7, 11) is 3.13. The van der Waals surface area contributed by atoms with Crippen LogP contribution in [0.1, 0.15) is 32.4 Å². The van der Waals surface area contributed by atoms with Gasteiger partial charge in [0.05, 0.1) is 36.4 Å². The maximum absolute atomic E-state index is 12.8. The highest BCUT2D eigenvalue weighted by Crippen LogP contribution is 2.40. The molecular weight excluding hydrogens is 444 g/mol. The van der Waals surface area contributed by atoms with Crippen molar-refractivity contribution in [2.45, 2.75) is 26.8 Å². The molecule has 29 heavy (non-hydrogen) atoms. The molecule has 8 nitrogen and oxygen atoms in total. The van der Waals surface area contributed by atoms with Gasteiger partial charge in [-0.1, -0.05) is 0 Å². The van der Waals surface area contributed by atoms with Gasteiger partial charge in [0.1, 0.15) is 6.61 Å². The molecule has 1 N–H and O–H groups in total. The summed E-state index contributed by atoms with van der Waals surface area (Å²) in [6.45, 7) is 6.91. The van der Waals surface area contributed by atoms with Gasteiger partial charge >= 0.3 is 12.0 Å². The van der Waals surface area contributed by atoms with Crippen LogP contribution < -0.4 is 14.8 Å². The molecule has 9 heteroatoms. The van der Waals surface area contributed by atoms with Crippen molar-refractivity contribution in [2.75, 3.05) is 40.6 Å². The Labute approximate surface area is 179 Å². The first-order chi connectivity index (χ1) is 13.8.